The molecule has 0 saturated heterocycles. The highest BCUT2D eigenvalue weighted by molar-refractivity contribution is 6.30. The first-order chi connectivity index (χ1) is 9.31. The van der Waals surface area contributed by atoms with Gasteiger partial charge >= 0.3 is 0 Å². The second-order valence-electron chi connectivity index (χ2n) is 4.80. The number of halogens is 1. The summed E-state index contributed by atoms with van der Waals surface area (Å²) in [6.45, 7) is 3.49. The Hall–Kier alpha value is -1.51. The van der Waals surface area contributed by atoms with Crippen LogP contribution >= 0.6 is 11.6 Å². The molecule has 2 nitrogen and oxygen atoms in total. The highest BCUT2D eigenvalue weighted by Gasteiger charge is 2.14. The van der Waals surface area contributed by atoms with Crippen LogP contribution in [0.1, 0.15) is 11.1 Å². The molecule has 1 aliphatic rings. The van der Waals surface area contributed by atoms with Crippen molar-refractivity contribution in [2.75, 3.05) is 13.2 Å². The maximum Gasteiger partial charge on any atom is 0.123 e. The molecule has 3 rings (SSSR count). The number of rotatable bonds is 2. The summed E-state index contributed by atoms with van der Waals surface area (Å²) in [5.74, 6) is 1.01. The van der Waals surface area contributed by atoms with E-state index in [-0.39, 0.29) is 0 Å². The van der Waals surface area contributed by atoms with E-state index in [1.54, 1.807) is 0 Å². The SMILES string of the molecule is Clc1cccc(CN2CCOc3ccccc3C2)c1. The summed E-state index contributed by atoms with van der Waals surface area (Å²) < 4.78 is 5.77. The van der Waals surface area contributed by atoms with E-state index >= 15 is 0 Å². The van der Waals surface area contributed by atoms with Crippen LogP contribution in [0.4, 0.5) is 0 Å². The summed E-state index contributed by atoms with van der Waals surface area (Å²) in [4.78, 5) is 2.39. The third-order valence-electron chi connectivity index (χ3n) is 3.33. The van der Waals surface area contributed by atoms with Gasteiger partial charge in [-0.15, -0.1) is 0 Å². The Labute approximate surface area is 118 Å². The molecule has 3 heteroatoms. The highest BCUT2D eigenvalue weighted by Crippen LogP contribution is 2.23. The lowest BCUT2D eigenvalue weighted by Gasteiger charge is -2.19. The van der Waals surface area contributed by atoms with E-state index in [0.717, 1.165) is 37.0 Å². The van der Waals surface area contributed by atoms with Gasteiger partial charge in [0.05, 0.1) is 0 Å². The zero-order chi connectivity index (χ0) is 13.1. The molecular formula is C16H16ClNO. The molecule has 0 aromatic heterocycles. The molecule has 2 aromatic rings. The van der Waals surface area contributed by atoms with Crippen molar-refractivity contribution in [1.29, 1.82) is 0 Å². The lowest BCUT2D eigenvalue weighted by Crippen LogP contribution is -2.25. The first kappa shape index (κ1) is 12.5. The summed E-state index contributed by atoms with van der Waals surface area (Å²) in [5.41, 5.74) is 2.49. The van der Waals surface area contributed by atoms with Gasteiger partial charge in [-0.1, -0.05) is 41.9 Å². The summed E-state index contributed by atoms with van der Waals surface area (Å²) >= 11 is 6.03. The third kappa shape index (κ3) is 3.09. The largest absolute Gasteiger partial charge is 0.492 e. The van der Waals surface area contributed by atoms with E-state index in [1.807, 2.05) is 30.3 Å². The van der Waals surface area contributed by atoms with Gasteiger partial charge in [-0.05, 0) is 23.8 Å². The van der Waals surface area contributed by atoms with Crippen LogP contribution in [0.5, 0.6) is 5.75 Å². The molecule has 0 bridgehead atoms. The van der Waals surface area contributed by atoms with Gasteiger partial charge in [-0.25, -0.2) is 0 Å². The summed E-state index contributed by atoms with van der Waals surface area (Å²) in [5, 5.41) is 0.795. The van der Waals surface area contributed by atoms with Gasteiger partial charge < -0.3 is 4.74 Å². The number of hydrogen-bond donors (Lipinski definition) is 0. The van der Waals surface area contributed by atoms with Crippen LogP contribution < -0.4 is 4.74 Å². The van der Waals surface area contributed by atoms with Crippen LogP contribution in [0, 0.1) is 0 Å². The molecule has 0 aliphatic carbocycles. The van der Waals surface area contributed by atoms with Crippen LogP contribution in [0.15, 0.2) is 48.5 Å². The zero-order valence-electron chi connectivity index (χ0n) is 10.7. The first-order valence-electron chi connectivity index (χ1n) is 6.49. The Kier molecular flexibility index (Phi) is 3.72. The number of hydrogen-bond acceptors (Lipinski definition) is 2. The molecule has 0 amide bonds. The molecule has 0 atom stereocenters. The number of ether oxygens (including phenoxy) is 1. The van der Waals surface area contributed by atoms with Crippen LogP contribution in [-0.2, 0) is 13.1 Å². The summed E-state index contributed by atoms with van der Waals surface area (Å²) in [7, 11) is 0. The zero-order valence-corrected chi connectivity index (χ0v) is 11.4. The Morgan fingerprint density at radius 3 is 2.89 bits per heavy atom. The summed E-state index contributed by atoms with van der Waals surface area (Å²) in [6, 6.07) is 16.3. The Bertz CT molecular complexity index is 570. The van der Waals surface area contributed by atoms with E-state index in [2.05, 4.69) is 23.1 Å². The minimum atomic E-state index is 0.734. The van der Waals surface area contributed by atoms with E-state index in [0.29, 0.717) is 0 Å². The monoisotopic (exact) mass is 273 g/mol. The van der Waals surface area contributed by atoms with Gasteiger partial charge in [0.2, 0.25) is 0 Å². The van der Waals surface area contributed by atoms with Gasteiger partial charge in [0.15, 0.2) is 0 Å². The minimum absolute atomic E-state index is 0.734. The normalized spacial score (nSPS) is 15.4. The van der Waals surface area contributed by atoms with Crippen molar-refractivity contribution in [2.24, 2.45) is 0 Å². The topological polar surface area (TPSA) is 12.5 Å². The lowest BCUT2D eigenvalue weighted by atomic mass is 10.1. The number of para-hydroxylation sites is 1. The first-order valence-corrected chi connectivity index (χ1v) is 6.86. The molecular weight excluding hydrogens is 258 g/mol. The standard InChI is InChI=1S/C16H16ClNO/c17-15-6-3-4-13(10-15)11-18-8-9-19-16-7-2-1-5-14(16)12-18/h1-7,10H,8-9,11-12H2. The molecule has 0 radical (unpaired) electrons. The molecule has 2 aromatic carbocycles. The van der Waals surface area contributed by atoms with Crippen molar-refractivity contribution in [3.05, 3.63) is 64.7 Å². The van der Waals surface area contributed by atoms with Gasteiger partial charge in [0.25, 0.3) is 0 Å². The fourth-order valence-corrected chi connectivity index (χ4v) is 2.62. The second-order valence-corrected chi connectivity index (χ2v) is 5.23. The van der Waals surface area contributed by atoms with Gasteiger partial charge in [-0.2, -0.15) is 0 Å². The van der Waals surface area contributed by atoms with E-state index in [9.17, 15) is 0 Å². The van der Waals surface area contributed by atoms with Crippen LogP contribution in [0.25, 0.3) is 0 Å². The Morgan fingerprint density at radius 1 is 1.11 bits per heavy atom. The molecule has 19 heavy (non-hydrogen) atoms. The second kappa shape index (κ2) is 5.64. The molecule has 0 unspecified atom stereocenters. The molecule has 1 aliphatic heterocycles. The van der Waals surface area contributed by atoms with Crippen molar-refractivity contribution < 1.29 is 4.74 Å². The highest BCUT2D eigenvalue weighted by atomic mass is 35.5. The van der Waals surface area contributed by atoms with Crippen molar-refractivity contribution in [3.8, 4) is 5.75 Å². The molecule has 1 heterocycles. The van der Waals surface area contributed by atoms with Crippen LogP contribution in [0.3, 0.4) is 0 Å². The maximum atomic E-state index is 6.03. The number of fused-ring (bicyclic) bond motifs is 1. The average Bonchev–Trinajstić information content (AvgIpc) is 2.60. The maximum absolute atomic E-state index is 6.03. The van der Waals surface area contributed by atoms with Crippen LogP contribution in [0.2, 0.25) is 5.02 Å². The number of benzene rings is 2. The van der Waals surface area contributed by atoms with E-state index in [1.165, 1.54) is 11.1 Å². The third-order valence-corrected chi connectivity index (χ3v) is 3.56. The fraction of sp³-hybridized carbons (Fsp3) is 0.250. The van der Waals surface area contributed by atoms with Crippen molar-refractivity contribution in [1.82, 2.24) is 4.90 Å². The van der Waals surface area contributed by atoms with Gasteiger partial charge in [0.1, 0.15) is 12.4 Å². The van der Waals surface area contributed by atoms with Gasteiger partial charge in [-0.3, -0.25) is 4.90 Å². The smallest absolute Gasteiger partial charge is 0.123 e. The Balaban J connectivity index is 1.76. The molecule has 0 saturated carbocycles. The van der Waals surface area contributed by atoms with Crippen molar-refractivity contribution >= 4 is 11.6 Å². The molecule has 0 N–H and O–H groups in total. The molecule has 98 valence electrons. The molecule has 0 spiro atoms. The molecule has 0 fully saturated rings. The minimum Gasteiger partial charge on any atom is -0.492 e. The van der Waals surface area contributed by atoms with Crippen molar-refractivity contribution in [3.63, 3.8) is 0 Å². The predicted molar refractivity (Wildman–Crippen MR) is 77.5 cm³/mol. The average molecular weight is 274 g/mol. The Morgan fingerprint density at radius 2 is 2.00 bits per heavy atom. The van der Waals surface area contributed by atoms with E-state index < -0.39 is 0 Å². The lowest BCUT2D eigenvalue weighted by molar-refractivity contribution is 0.219. The predicted octanol–water partition coefficient (Wildman–Crippen LogP) is 3.73. The van der Waals surface area contributed by atoms with Crippen molar-refractivity contribution in [2.45, 2.75) is 13.1 Å². The van der Waals surface area contributed by atoms with Gasteiger partial charge in [0, 0.05) is 30.2 Å². The fourth-order valence-electron chi connectivity index (χ4n) is 2.41. The quantitative estimate of drug-likeness (QED) is 0.827. The van der Waals surface area contributed by atoms with Crippen LogP contribution in [-0.4, -0.2) is 18.1 Å². The number of nitrogens with zero attached hydrogens (tertiary/aromatic N) is 1. The van der Waals surface area contributed by atoms with E-state index in [4.69, 9.17) is 16.3 Å². The summed E-state index contributed by atoms with van der Waals surface area (Å²) in [6.07, 6.45) is 0.